The smallest absolute Gasteiger partial charge is 0.303 e. The summed E-state index contributed by atoms with van der Waals surface area (Å²) in [6.07, 6.45) is 10.2. The largest absolute Gasteiger partial charge is 0.481 e. The molecule has 0 bridgehead atoms. The van der Waals surface area contributed by atoms with E-state index in [1.165, 1.54) is 24.3 Å². The van der Waals surface area contributed by atoms with Crippen LogP contribution in [0.1, 0.15) is 50.5 Å². The van der Waals surface area contributed by atoms with Crippen molar-refractivity contribution in [1.29, 1.82) is 0 Å². The van der Waals surface area contributed by atoms with Crippen molar-refractivity contribution in [3.63, 3.8) is 0 Å². The Hall–Kier alpha value is -2.52. The first-order chi connectivity index (χ1) is 13.7. The number of carbonyl (C=O) groups is 1. The number of nitrogens with one attached hydrogen (secondary N) is 1. The molecule has 2 rings (SSSR count). The maximum Gasteiger partial charge on any atom is 0.303 e. The van der Waals surface area contributed by atoms with Crippen molar-refractivity contribution in [1.82, 2.24) is 4.72 Å². The van der Waals surface area contributed by atoms with E-state index in [0.717, 1.165) is 24.7 Å². The summed E-state index contributed by atoms with van der Waals surface area (Å²) >= 11 is 0. The SMILES string of the molecule is O=C(O)CCCC=CC1CCCC(NS(=O)(=O)C=Cc2cccc([N+](=O)[O-])c2)C1. The highest BCUT2D eigenvalue weighted by Gasteiger charge is 2.23. The number of hydrogen-bond acceptors (Lipinski definition) is 5. The molecule has 158 valence electrons. The number of nitro groups is 1. The number of rotatable bonds is 10. The number of unbranched alkanes of at least 4 members (excludes halogenated alkanes) is 1. The summed E-state index contributed by atoms with van der Waals surface area (Å²) in [6.45, 7) is 0. The second-order valence-corrected chi connectivity index (χ2v) is 8.75. The zero-order chi connectivity index (χ0) is 21.3. The first-order valence-corrected chi connectivity index (χ1v) is 11.1. The minimum absolute atomic E-state index is 0.0947. The van der Waals surface area contributed by atoms with Gasteiger partial charge in [0.1, 0.15) is 0 Å². The van der Waals surface area contributed by atoms with E-state index in [4.69, 9.17) is 5.11 Å². The molecule has 1 aromatic rings. The van der Waals surface area contributed by atoms with Crippen LogP contribution in [0.2, 0.25) is 0 Å². The Morgan fingerprint density at radius 3 is 2.86 bits per heavy atom. The van der Waals surface area contributed by atoms with Crippen LogP contribution in [-0.2, 0) is 14.8 Å². The van der Waals surface area contributed by atoms with Crippen molar-refractivity contribution in [2.45, 2.75) is 51.0 Å². The van der Waals surface area contributed by atoms with E-state index in [1.54, 1.807) is 6.07 Å². The summed E-state index contributed by atoms with van der Waals surface area (Å²) in [6, 6.07) is 5.60. The van der Waals surface area contributed by atoms with Gasteiger partial charge in [-0.05, 0) is 49.7 Å². The van der Waals surface area contributed by atoms with Crippen molar-refractivity contribution >= 4 is 27.8 Å². The van der Waals surface area contributed by atoms with Crippen molar-refractivity contribution < 1.29 is 23.2 Å². The normalized spacial score (nSPS) is 20.3. The third kappa shape index (κ3) is 8.57. The fraction of sp³-hybridized carbons (Fsp3) is 0.450. The number of allylic oxidation sites excluding steroid dienone is 2. The summed E-state index contributed by atoms with van der Waals surface area (Å²) < 4.78 is 27.4. The maximum atomic E-state index is 12.4. The lowest BCUT2D eigenvalue weighted by Gasteiger charge is -2.27. The van der Waals surface area contributed by atoms with Gasteiger partial charge in [-0.15, -0.1) is 0 Å². The fourth-order valence-corrected chi connectivity index (χ4v) is 4.44. The fourth-order valence-electron chi connectivity index (χ4n) is 3.35. The lowest BCUT2D eigenvalue weighted by molar-refractivity contribution is -0.384. The van der Waals surface area contributed by atoms with Gasteiger partial charge in [-0.3, -0.25) is 14.9 Å². The van der Waals surface area contributed by atoms with Gasteiger partial charge in [-0.25, -0.2) is 13.1 Å². The number of hydrogen-bond donors (Lipinski definition) is 2. The minimum Gasteiger partial charge on any atom is -0.481 e. The van der Waals surface area contributed by atoms with Gasteiger partial charge < -0.3 is 5.11 Å². The molecule has 0 spiro atoms. The van der Waals surface area contributed by atoms with Gasteiger partial charge in [-0.2, -0.15) is 0 Å². The molecule has 1 aliphatic carbocycles. The van der Waals surface area contributed by atoms with Crippen LogP contribution >= 0.6 is 0 Å². The van der Waals surface area contributed by atoms with Crippen molar-refractivity contribution in [3.8, 4) is 0 Å². The van der Waals surface area contributed by atoms with Crippen LogP contribution in [0.3, 0.4) is 0 Å². The highest BCUT2D eigenvalue weighted by Crippen LogP contribution is 2.26. The third-order valence-electron chi connectivity index (χ3n) is 4.74. The second-order valence-electron chi connectivity index (χ2n) is 7.16. The Morgan fingerprint density at radius 2 is 2.14 bits per heavy atom. The molecule has 1 aliphatic rings. The zero-order valence-electron chi connectivity index (χ0n) is 16.1. The highest BCUT2D eigenvalue weighted by atomic mass is 32.2. The van der Waals surface area contributed by atoms with Crippen LogP contribution in [0.15, 0.2) is 41.8 Å². The molecule has 0 aromatic heterocycles. The maximum absolute atomic E-state index is 12.4. The minimum atomic E-state index is -3.66. The van der Waals surface area contributed by atoms with Gasteiger partial charge in [0.05, 0.1) is 4.92 Å². The summed E-state index contributed by atoms with van der Waals surface area (Å²) in [5.74, 6) is -0.536. The van der Waals surface area contributed by atoms with Crippen molar-refractivity contribution in [3.05, 3.63) is 57.5 Å². The third-order valence-corrected chi connectivity index (χ3v) is 5.89. The number of carboxylic acid groups (broad SMARTS) is 1. The number of carboxylic acids is 1. The number of aliphatic carboxylic acids is 1. The highest BCUT2D eigenvalue weighted by molar-refractivity contribution is 7.92. The van der Waals surface area contributed by atoms with E-state index in [2.05, 4.69) is 10.8 Å². The van der Waals surface area contributed by atoms with Crippen LogP contribution in [0.4, 0.5) is 5.69 Å². The van der Waals surface area contributed by atoms with Gasteiger partial charge in [0.25, 0.3) is 5.69 Å². The molecule has 2 atom stereocenters. The molecule has 29 heavy (non-hydrogen) atoms. The van der Waals surface area contributed by atoms with E-state index in [0.29, 0.717) is 24.8 Å². The molecule has 9 heteroatoms. The summed E-state index contributed by atoms with van der Waals surface area (Å²) in [5.41, 5.74) is 0.346. The Morgan fingerprint density at radius 1 is 1.34 bits per heavy atom. The van der Waals surface area contributed by atoms with Gasteiger partial charge >= 0.3 is 5.97 Å². The number of sulfonamides is 1. The first kappa shape index (κ1) is 22.8. The van der Waals surface area contributed by atoms with Crippen LogP contribution in [0.25, 0.3) is 6.08 Å². The summed E-state index contributed by atoms with van der Waals surface area (Å²) in [7, 11) is -3.66. The number of nitro benzene ring substituents is 1. The van der Waals surface area contributed by atoms with Crippen LogP contribution < -0.4 is 4.72 Å². The topological polar surface area (TPSA) is 127 Å². The lowest BCUT2D eigenvalue weighted by Crippen LogP contribution is -2.37. The molecule has 8 nitrogen and oxygen atoms in total. The zero-order valence-corrected chi connectivity index (χ0v) is 16.9. The van der Waals surface area contributed by atoms with E-state index < -0.39 is 20.9 Å². The quantitative estimate of drug-likeness (QED) is 0.255. The van der Waals surface area contributed by atoms with E-state index in [9.17, 15) is 23.3 Å². The predicted octanol–water partition coefficient (Wildman–Crippen LogP) is 3.85. The number of nitrogens with zero attached hydrogens (tertiary/aromatic N) is 1. The Bertz CT molecular complexity index is 879. The molecular weight excluding hydrogens is 396 g/mol. The molecule has 1 fully saturated rings. The average molecular weight is 423 g/mol. The second kappa shape index (κ2) is 10.9. The van der Waals surface area contributed by atoms with E-state index in [1.807, 2.05) is 6.08 Å². The predicted molar refractivity (Wildman–Crippen MR) is 111 cm³/mol. The van der Waals surface area contributed by atoms with Gasteiger partial charge in [0, 0.05) is 30.0 Å². The first-order valence-electron chi connectivity index (χ1n) is 9.58. The van der Waals surface area contributed by atoms with Gasteiger partial charge in [0.15, 0.2) is 0 Å². The molecule has 0 heterocycles. The summed E-state index contributed by atoms with van der Waals surface area (Å²) in [4.78, 5) is 20.8. The molecule has 1 aromatic carbocycles. The average Bonchev–Trinajstić information content (AvgIpc) is 2.66. The summed E-state index contributed by atoms with van der Waals surface area (Å²) in [5, 5.41) is 20.5. The molecule has 0 aliphatic heterocycles. The Balaban J connectivity index is 1.89. The molecule has 0 radical (unpaired) electrons. The molecule has 1 saturated carbocycles. The van der Waals surface area contributed by atoms with Crippen LogP contribution in [0, 0.1) is 16.0 Å². The molecule has 2 unspecified atom stereocenters. The molecule has 0 saturated heterocycles. The molecular formula is C20H26N2O6S. The van der Waals surface area contributed by atoms with Gasteiger partial charge in [0.2, 0.25) is 10.0 Å². The monoisotopic (exact) mass is 422 g/mol. The number of benzene rings is 1. The van der Waals surface area contributed by atoms with E-state index >= 15 is 0 Å². The standard InChI is InChI=1S/C20H26N2O6S/c23-20(24)11-3-1-2-6-16-7-4-9-18(14-16)21-29(27,28)13-12-17-8-5-10-19(15-17)22(25)26/h2,5-6,8,10,12-13,15-16,18,21H,1,3-4,7,9,11,14H2,(H,23,24). The van der Waals surface area contributed by atoms with Gasteiger partial charge in [-0.1, -0.05) is 30.7 Å². The van der Waals surface area contributed by atoms with E-state index in [-0.39, 0.29) is 24.1 Å². The number of non-ortho nitro benzene ring substituents is 1. The Labute approximate surface area is 170 Å². The van der Waals surface area contributed by atoms with Crippen LogP contribution in [-0.4, -0.2) is 30.5 Å². The molecule has 0 amide bonds. The molecule has 2 N–H and O–H groups in total. The van der Waals surface area contributed by atoms with Crippen molar-refractivity contribution in [2.24, 2.45) is 5.92 Å². The lowest BCUT2D eigenvalue weighted by atomic mass is 9.86. The Kier molecular flexibility index (Phi) is 8.53. The van der Waals surface area contributed by atoms with Crippen molar-refractivity contribution in [2.75, 3.05) is 0 Å². The van der Waals surface area contributed by atoms with Crippen LogP contribution in [0.5, 0.6) is 0 Å².